The van der Waals surface area contributed by atoms with Crippen molar-refractivity contribution >= 4 is 11.6 Å². The Balaban J connectivity index is 1.20. The lowest BCUT2D eigenvalue weighted by molar-refractivity contribution is -0.121. The van der Waals surface area contributed by atoms with Crippen LogP contribution in [0.5, 0.6) is 0 Å². The molecule has 0 aromatic heterocycles. The highest BCUT2D eigenvalue weighted by Crippen LogP contribution is 2.16. The van der Waals surface area contributed by atoms with Crippen LogP contribution in [0, 0.1) is 5.92 Å². The molecule has 2 heterocycles. The molecule has 0 aliphatic carbocycles. The number of benzene rings is 1. The van der Waals surface area contributed by atoms with Gasteiger partial charge in [0.25, 0.3) is 0 Å². The van der Waals surface area contributed by atoms with Crippen molar-refractivity contribution in [3.63, 3.8) is 0 Å². The van der Waals surface area contributed by atoms with E-state index in [1.165, 1.54) is 12.1 Å². The molecule has 1 aromatic carbocycles. The summed E-state index contributed by atoms with van der Waals surface area (Å²) >= 11 is 0. The summed E-state index contributed by atoms with van der Waals surface area (Å²) in [5.41, 5.74) is 1.34. The second kappa shape index (κ2) is 10.5. The molecular weight excluding hydrogens is 324 g/mol. The number of anilines is 1. The van der Waals surface area contributed by atoms with E-state index in [2.05, 4.69) is 50.8 Å². The Morgan fingerprint density at radius 2 is 1.92 bits per heavy atom. The van der Waals surface area contributed by atoms with Gasteiger partial charge in [-0.05, 0) is 63.4 Å². The first-order chi connectivity index (χ1) is 12.8. The first-order valence-electron chi connectivity index (χ1n) is 10.3. The van der Waals surface area contributed by atoms with Crippen molar-refractivity contribution in [1.82, 2.24) is 15.5 Å². The van der Waals surface area contributed by atoms with Crippen molar-refractivity contribution in [2.45, 2.75) is 32.1 Å². The molecule has 1 unspecified atom stereocenters. The molecule has 2 saturated heterocycles. The van der Waals surface area contributed by atoms with Crippen LogP contribution in [0.4, 0.5) is 5.69 Å². The summed E-state index contributed by atoms with van der Waals surface area (Å²) in [6.07, 6.45) is 5.19. The second-order valence-corrected chi connectivity index (χ2v) is 7.62. The molecule has 26 heavy (non-hydrogen) atoms. The van der Waals surface area contributed by atoms with Crippen LogP contribution in [0.15, 0.2) is 30.3 Å². The zero-order valence-electron chi connectivity index (χ0n) is 16.0. The predicted molar refractivity (Wildman–Crippen MR) is 108 cm³/mol. The summed E-state index contributed by atoms with van der Waals surface area (Å²) in [4.78, 5) is 16.9. The molecule has 0 spiro atoms. The lowest BCUT2D eigenvalue weighted by Gasteiger charge is -2.36. The number of nitrogens with zero attached hydrogens (tertiary/aromatic N) is 2. The summed E-state index contributed by atoms with van der Waals surface area (Å²) in [6.45, 7) is 8.66. The summed E-state index contributed by atoms with van der Waals surface area (Å²) < 4.78 is 0. The van der Waals surface area contributed by atoms with E-state index >= 15 is 0 Å². The number of amides is 1. The van der Waals surface area contributed by atoms with Crippen LogP contribution in [0.1, 0.15) is 32.1 Å². The Bertz CT molecular complexity index is 522. The van der Waals surface area contributed by atoms with Gasteiger partial charge in [0.1, 0.15) is 0 Å². The van der Waals surface area contributed by atoms with Crippen molar-refractivity contribution in [3.05, 3.63) is 30.3 Å². The number of piperazine rings is 1. The van der Waals surface area contributed by atoms with Gasteiger partial charge in [0.2, 0.25) is 5.91 Å². The predicted octanol–water partition coefficient (Wildman–Crippen LogP) is 2.09. The number of hydrogen-bond donors (Lipinski definition) is 2. The summed E-state index contributed by atoms with van der Waals surface area (Å²) in [5.74, 6) is 0.934. The molecule has 3 rings (SSSR count). The Morgan fingerprint density at radius 3 is 2.65 bits per heavy atom. The minimum Gasteiger partial charge on any atom is -0.369 e. The quantitative estimate of drug-likeness (QED) is 0.664. The number of unbranched alkanes of at least 4 members (excludes halogenated alkanes) is 1. The number of para-hydroxylation sites is 1. The second-order valence-electron chi connectivity index (χ2n) is 7.62. The lowest BCUT2D eigenvalue weighted by Crippen LogP contribution is -2.46. The zero-order valence-corrected chi connectivity index (χ0v) is 16.0. The molecule has 5 heteroatoms. The third-order valence-corrected chi connectivity index (χ3v) is 5.66. The van der Waals surface area contributed by atoms with Gasteiger partial charge in [-0.15, -0.1) is 0 Å². The Kier molecular flexibility index (Phi) is 7.77. The van der Waals surface area contributed by atoms with Gasteiger partial charge in [-0.25, -0.2) is 0 Å². The fourth-order valence-electron chi connectivity index (χ4n) is 3.94. The van der Waals surface area contributed by atoms with E-state index in [-0.39, 0.29) is 5.91 Å². The molecule has 1 atom stereocenters. The van der Waals surface area contributed by atoms with E-state index in [1.807, 2.05) is 0 Å². The Morgan fingerprint density at radius 1 is 1.12 bits per heavy atom. The van der Waals surface area contributed by atoms with Gasteiger partial charge in [0.15, 0.2) is 0 Å². The zero-order chi connectivity index (χ0) is 18.0. The molecule has 0 bridgehead atoms. The van der Waals surface area contributed by atoms with E-state index < -0.39 is 0 Å². The topological polar surface area (TPSA) is 47.6 Å². The number of hydrogen-bond acceptors (Lipinski definition) is 4. The van der Waals surface area contributed by atoms with E-state index in [9.17, 15) is 4.79 Å². The molecule has 144 valence electrons. The standard InChI is InChI=1S/C21H34N4O/c26-21(9-8-19-10-12-22-18-19)23-11-4-5-13-24-14-16-25(17-15-24)20-6-2-1-3-7-20/h1-3,6-7,19,22H,4-5,8-18H2,(H,23,26). The van der Waals surface area contributed by atoms with Crippen LogP contribution < -0.4 is 15.5 Å². The van der Waals surface area contributed by atoms with Crippen molar-refractivity contribution in [1.29, 1.82) is 0 Å². The molecular formula is C21H34N4O. The summed E-state index contributed by atoms with van der Waals surface area (Å²) in [5, 5.41) is 6.45. The largest absolute Gasteiger partial charge is 0.369 e. The molecule has 1 amide bonds. The first-order valence-corrected chi connectivity index (χ1v) is 10.3. The van der Waals surface area contributed by atoms with E-state index in [0.29, 0.717) is 12.3 Å². The molecule has 0 radical (unpaired) electrons. The van der Waals surface area contributed by atoms with Gasteiger partial charge < -0.3 is 15.5 Å². The Hall–Kier alpha value is -1.59. The van der Waals surface area contributed by atoms with E-state index in [1.54, 1.807) is 0 Å². The molecule has 2 aliphatic rings. The SMILES string of the molecule is O=C(CCC1CCNC1)NCCCCN1CCN(c2ccccc2)CC1. The molecule has 1 aromatic rings. The summed E-state index contributed by atoms with van der Waals surface area (Å²) in [6, 6.07) is 10.7. The van der Waals surface area contributed by atoms with Crippen LogP contribution in [0.25, 0.3) is 0 Å². The maximum absolute atomic E-state index is 11.9. The van der Waals surface area contributed by atoms with Gasteiger partial charge in [0, 0.05) is 44.8 Å². The molecule has 2 aliphatic heterocycles. The number of carbonyl (C=O) groups excluding carboxylic acids is 1. The maximum Gasteiger partial charge on any atom is 0.220 e. The van der Waals surface area contributed by atoms with Crippen LogP contribution in [-0.2, 0) is 4.79 Å². The molecule has 0 saturated carbocycles. The fraction of sp³-hybridized carbons (Fsp3) is 0.667. The highest BCUT2D eigenvalue weighted by Gasteiger charge is 2.17. The van der Waals surface area contributed by atoms with Crippen molar-refractivity contribution in [2.75, 3.05) is 57.3 Å². The van der Waals surface area contributed by atoms with Crippen molar-refractivity contribution in [2.24, 2.45) is 5.92 Å². The molecule has 2 fully saturated rings. The van der Waals surface area contributed by atoms with E-state index in [0.717, 1.165) is 71.6 Å². The minimum atomic E-state index is 0.230. The van der Waals surface area contributed by atoms with Gasteiger partial charge in [-0.3, -0.25) is 9.69 Å². The number of rotatable bonds is 9. The average Bonchev–Trinajstić information content (AvgIpc) is 3.21. The third-order valence-electron chi connectivity index (χ3n) is 5.66. The van der Waals surface area contributed by atoms with Crippen LogP contribution in [0.2, 0.25) is 0 Å². The maximum atomic E-state index is 11.9. The van der Waals surface area contributed by atoms with Crippen molar-refractivity contribution in [3.8, 4) is 0 Å². The monoisotopic (exact) mass is 358 g/mol. The van der Waals surface area contributed by atoms with Crippen LogP contribution >= 0.6 is 0 Å². The molecule has 2 N–H and O–H groups in total. The van der Waals surface area contributed by atoms with Gasteiger partial charge >= 0.3 is 0 Å². The smallest absolute Gasteiger partial charge is 0.220 e. The fourth-order valence-corrected chi connectivity index (χ4v) is 3.94. The molecule has 5 nitrogen and oxygen atoms in total. The highest BCUT2D eigenvalue weighted by atomic mass is 16.1. The highest BCUT2D eigenvalue weighted by molar-refractivity contribution is 5.75. The van der Waals surface area contributed by atoms with Gasteiger partial charge in [0.05, 0.1) is 0 Å². The normalized spacial score (nSPS) is 21.1. The number of nitrogens with one attached hydrogen (secondary N) is 2. The third kappa shape index (κ3) is 6.29. The summed E-state index contributed by atoms with van der Waals surface area (Å²) in [7, 11) is 0. The van der Waals surface area contributed by atoms with Crippen molar-refractivity contribution < 1.29 is 4.79 Å². The van der Waals surface area contributed by atoms with E-state index in [4.69, 9.17) is 0 Å². The van der Waals surface area contributed by atoms with Crippen LogP contribution in [-0.4, -0.2) is 63.2 Å². The first kappa shape index (κ1) is 19.2. The average molecular weight is 359 g/mol. The number of carbonyl (C=O) groups is 1. The Labute approximate surface area is 158 Å². The van der Waals surface area contributed by atoms with Gasteiger partial charge in [-0.2, -0.15) is 0 Å². The van der Waals surface area contributed by atoms with Gasteiger partial charge in [-0.1, -0.05) is 18.2 Å². The minimum absolute atomic E-state index is 0.230. The van der Waals surface area contributed by atoms with Crippen LogP contribution in [0.3, 0.4) is 0 Å². The lowest BCUT2D eigenvalue weighted by atomic mass is 10.0.